The molecule has 110 valence electrons. The van der Waals surface area contributed by atoms with E-state index in [1.54, 1.807) is 0 Å². The van der Waals surface area contributed by atoms with Gasteiger partial charge in [-0.25, -0.2) is 5.10 Å². The van der Waals surface area contributed by atoms with Crippen LogP contribution in [0.2, 0.25) is 0 Å². The Labute approximate surface area is 127 Å². The van der Waals surface area contributed by atoms with E-state index < -0.39 is 0 Å². The molecule has 0 fully saturated rings. The van der Waals surface area contributed by atoms with Crippen LogP contribution in [0.4, 0.5) is 11.6 Å². The predicted octanol–water partition coefficient (Wildman–Crippen LogP) is 1.85. The fourth-order valence-corrected chi connectivity index (χ4v) is 3.40. The number of nitrogens with one attached hydrogen (secondary N) is 1. The maximum absolute atomic E-state index is 12.7. The van der Waals surface area contributed by atoms with Gasteiger partial charge in [0, 0.05) is 11.7 Å². The molecular weight excluding hydrogens is 286 g/mol. The second-order valence-corrected chi connectivity index (χ2v) is 6.46. The third-order valence-corrected chi connectivity index (χ3v) is 4.51. The molecule has 2 atom stereocenters. The first-order valence-electron chi connectivity index (χ1n) is 6.81. The third-order valence-electron chi connectivity index (χ3n) is 3.56. The van der Waals surface area contributed by atoms with Crippen molar-refractivity contribution in [3.8, 4) is 0 Å². The number of hydrogen-bond donors (Lipinski definition) is 2. The van der Waals surface area contributed by atoms with Crippen LogP contribution in [0.5, 0.6) is 0 Å². The number of anilines is 2. The van der Waals surface area contributed by atoms with Crippen LogP contribution in [0.15, 0.2) is 29.4 Å². The summed E-state index contributed by atoms with van der Waals surface area (Å²) in [5, 5.41) is 6.76. The molecule has 1 amide bonds. The van der Waals surface area contributed by atoms with Crippen LogP contribution < -0.4 is 10.6 Å². The van der Waals surface area contributed by atoms with E-state index in [1.807, 2.05) is 30.0 Å². The molecule has 0 aliphatic carbocycles. The smallest absolute Gasteiger partial charge is 0.240 e. The maximum Gasteiger partial charge on any atom is 0.240 e. The van der Waals surface area contributed by atoms with Gasteiger partial charge in [0.1, 0.15) is 0 Å². The zero-order valence-electron chi connectivity index (χ0n) is 11.9. The summed E-state index contributed by atoms with van der Waals surface area (Å²) in [6.07, 6.45) is 0.896. The van der Waals surface area contributed by atoms with E-state index in [0.717, 1.165) is 12.1 Å². The summed E-state index contributed by atoms with van der Waals surface area (Å²) < 4.78 is 0. The molecule has 2 aromatic rings. The highest BCUT2D eigenvalue weighted by Crippen LogP contribution is 2.34. The van der Waals surface area contributed by atoms with Gasteiger partial charge in [0.15, 0.2) is 0 Å². The van der Waals surface area contributed by atoms with E-state index >= 15 is 0 Å². The van der Waals surface area contributed by atoms with Gasteiger partial charge in [-0.1, -0.05) is 30.0 Å². The van der Waals surface area contributed by atoms with Gasteiger partial charge in [0.05, 0.1) is 5.25 Å². The molecule has 0 saturated heterocycles. The van der Waals surface area contributed by atoms with Crippen molar-refractivity contribution in [3.05, 3.63) is 29.8 Å². The number of nitrogen functional groups attached to an aromatic ring is 1. The second-order valence-electron chi connectivity index (χ2n) is 5.15. The van der Waals surface area contributed by atoms with E-state index in [9.17, 15) is 4.79 Å². The normalized spacial score (nSPS) is 18.6. The maximum atomic E-state index is 12.7. The van der Waals surface area contributed by atoms with Gasteiger partial charge >= 0.3 is 0 Å². The molecule has 1 aliphatic heterocycles. The lowest BCUT2D eigenvalue weighted by atomic mass is 10.1. The average Bonchev–Trinajstić information content (AvgIpc) is 3.00. The van der Waals surface area contributed by atoms with E-state index in [-0.39, 0.29) is 23.1 Å². The molecule has 0 radical (unpaired) electrons. The van der Waals surface area contributed by atoms with Gasteiger partial charge < -0.3 is 10.6 Å². The molecular formula is C14H17N5OS. The topological polar surface area (TPSA) is 87.9 Å². The minimum absolute atomic E-state index is 0.0702. The van der Waals surface area contributed by atoms with Gasteiger partial charge in [-0.2, -0.15) is 4.98 Å². The highest BCUT2D eigenvalue weighted by Gasteiger charge is 2.33. The lowest BCUT2D eigenvalue weighted by Gasteiger charge is -2.25. The zero-order chi connectivity index (χ0) is 15.0. The molecule has 3 rings (SSSR count). The number of carbonyl (C=O) groups excluding carboxylic acids is 1. The number of nitrogens with zero attached hydrogens (tertiary/aromatic N) is 3. The van der Waals surface area contributed by atoms with Gasteiger partial charge in [0.2, 0.25) is 17.0 Å². The Balaban J connectivity index is 1.78. The Bertz CT molecular complexity index is 671. The minimum atomic E-state index is -0.270. The molecule has 0 bridgehead atoms. The van der Waals surface area contributed by atoms with Crippen LogP contribution in [0.3, 0.4) is 0 Å². The summed E-state index contributed by atoms with van der Waals surface area (Å²) in [4.78, 5) is 18.6. The van der Waals surface area contributed by atoms with Crippen molar-refractivity contribution in [2.45, 2.75) is 36.7 Å². The summed E-state index contributed by atoms with van der Waals surface area (Å²) >= 11 is 1.31. The fourth-order valence-electron chi connectivity index (χ4n) is 2.62. The van der Waals surface area contributed by atoms with E-state index in [0.29, 0.717) is 5.16 Å². The van der Waals surface area contributed by atoms with Crippen LogP contribution in [0, 0.1) is 0 Å². The van der Waals surface area contributed by atoms with Crippen LogP contribution in [0.1, 0.15) is 19.4 Å². The number of fused-ring (bicyclic) bond motifs is 1. The van der Waals surface area contributed by atoms with Crippen molar-refractivity contribution in [1.29, 1.82) is 0 Å². The molecule has 7 heteroatoms. The SMILES string of the molecule is C[C@H](Sc1n[nH]c(N)n1)C(=O)N1c2ccccc2C[C@H]1C. The van der Waals surface area contributed by atoms with E-state index in [2.05, 4.69) is 28.2 Å². The average molecular weight is 303 g/mol. The van der Waals surface area contributed by atoms with Crippen molar-refractivity contribution in [2.24, 2.45) is 0 Å². The summed E-state index contributed by atoms with van der Waals surface area (Å²) in [7, 11) is 0. The Kier molecular flexibility index (Phi) is 3.59. The fraction of sp³-hybridized carbons (Fsp3) is 0.357. The molecule has 21 heavy (non-hydrogen) atoms. The minimum Gasteiger partial charge on any atom is -0.368 e. The first-order chi connectivity index (χ1) is 10.1. The van der Waals surface area contributed by atoms with E-state index in [1.165, 1.54) is 17.3 Å². The number of benzene rings is 1. The van der Waals surface area contributed by atoms with Gasteiger partial charge in [-0.15, -0.1) is 5.10 Å². The quantitative estimate of drug-likeness (QED) is 0.845. The molecule has 3 N–H and O–H groups in total. The number of para-hydroxylation sites is 1. The molecule has 0 unspecified atom stereocenters. The van der Waals surface area contributed by atoms with Crippen molar-refractivity contribution in [1.82, 2.24) is 15.2 Å². The van der Waals surface area contributed by atoms with Crippen molar-refractivity contribution in [3.63, 3.8) is 0 Å². The number of aromatic amines is 1. The number of aromatic nitrogens is 3. The lowest BCUT2D eigenvalue weighted by molar-refractivity contribution is -0.118. The molecule has 0 spiro atoms. The molecule has 1 aliphatic rings. The molecule has 2 heterocycles. The van der Waals surface area contributed by atoms with Gasteiger partial charge in [-0.3, -0.25) is 4.79 Å². The summed E-state index contributed by atoms with van der Waals surface area (Å²) in [5.74, 6) is 0.331. The van der Waals surface area contributed by atoms with Gasteiger partial charge in [0.25, 0.3) is 0 Å². The van der Waals surface area contributed by atoms with Crippen LogP contribution >= 0.6 is 11.8 Å². The molecule has 1 aromatic heterocycles. The molecule has 1 aromatic carbocycles. The summed E-state index contributed by atoms with van der Waals surface area (Å²) in [5.41, 5.74) is 7.73. The number of nitrogens with two attached hydrogens (primary N) is 1. The van der Waals surface area contributed by atoms with Crippen molar-refractivity contribution >= 4 is 29.3 Å². The van der Waals surface area contributed by atoms with Crippen LogP contribution in [-0.4, -0.2) is 32.4 Å². The van der Waals surface area contributed by atoms with Crippen molar-refractivity contribution < 1.29 is 4.79 Å². The highest BCUT2D eigenvalue weighted by molar-refractivity contribution is 8.00. The largest absolute Gasteiger partial charge is 0.368 e. The first-order valence-corrected chi connectivity index (χ1v) is 7.69. The Morgan fingerprint density at radius 3 is 3.00 bits per heavy atom. The number of H-pyrrole nitrogens is 1. The first kappa shape index (κ1) is 13.9. The standard InChI is InChI=1S/C14H17N5OS/c1-8-7-10-5-3-4-6-11(10)19(8)12(20)9(2)21-14-16-13(15)17-18-14/h3-6,8-9H,7H2,1-2H3,(H3,15,16,17,18)/t8-,9+/m1/s1. The highest BCUT2D eigenvalue weighted by atomic mass is 32.2. The van der Waals surface area contributed by atoms with E-state index in [4.69, 9.17) is 5.73 Å². The molecule has 0 saturated carbocycles. The lowest BCUT2D eigenvalue weighted by Crippen LogP contribution is -2.40. The number of thioether (sulfide) groups is 1. The number of amides is 1. The van der Waals surface area contributed by atoms with Crippen LogP contribution in [-0.2, 0) is 11.2 Å². The molecule has 6 nitrogen and oxygen atoms in total. The number of rotatable bonds is 3. The Morgan fingerprint density at radius 1 is 1.52 bits per heavy atom. The Hall–Kier alpha value is -2.02. The third kappa shape index (κ3) is 2.61. The van der Waals surface area contributed by atoms with Crippen molar-refractivity contribution in [2.75, 3.05) is 10.6 Å². The second kappa shape index (κ2) is 5.40. The number of hydrogen-bond acceptors (Lipinski definition) is 5. The summed E-state index contributed by atoms with van der Waals surface area (Å²) in [6.45, 7) is 3.94. The Morgan fingerprint density at radius 2 is 2.29 bits per heavy atom. The predicted molar refractivity (Wildman–Crippen MR) is 83.2 cm³/mol. The number of carbonyl (C=O) groups is 1. The zero-order valence-corrected chi connectivity index (χ0v) is 12.7. The van der Waals surface area contributed by atoms with Gasteiger partial charge in [-0.05, 0) is 31.9 Å². The summed E-state index contributed by atoms with van der Waals surface area (Å²) in [6, 6.07) is 8.22. The monoisotopic (exact) mass is 303 g/mol. The van der Waals surface area contributed by atoms with Crippen LogP contribution in [0.25, 0.3) is 0 Å².